The summed E-state index contributed by atoms with van der Waals surface area (Å²) in [6.45, 7) is 0. The maximum atomic E-state index is 12.4. The van der Waals surface area contributed by atoms with Crippen LogP contribution in [0.5, 0.6) is 5.75 Å². The monoisotopic (exact) mass is 378 g/mol. The van der Waals surface area contributed by atoms with Crippen molar-refractivity contribution in [2.45, 2.75) is 17.2 Å². The quantitative estimate of drug-likeness (QED) is 0.816. The molecule has 0 aromatic heterocycles. The van der Waals surface area contributed by atoms with Crippen LogP contribution < -0.4 is 15.4 Å². The number of aliphatic imine (C=N–C) groups is 1. The maximum Gasteiger partial charge on any atom is 0.242 e. The van der Waals surface area contributed by atoms with Crippen LogP contribution in [0.15, 0.2) is 40.9 Å². The van der Waals surface area contributed by atoms with Crippen LogP contribution in [0.4, 0.5) is 5.69 Å². The number of carbonyl (C=O) groups is 2. The number of anilines is 1. The Bertz CT molecular complexity index is 730. The number of nitrogens with one attached hydrogen (secondary N) is 2. The summed E-state index contributed by atoms with van der Waals surface area (Å²) < 4.78 is 5.22. The standard InChI is InChI=1S/C16H18N4O3S2/c1-20-14(22)12(25-16(20)19-15-17-7-8-24-15)9-13(21)18-10-5-3-4-6-11(10)23-2/h3-8,12,15,17H,9H2,1-2H3,(H,18,21)/b19-16+. The fourth-order valence-corrected chi connectivity index (χ4v) is 4.23. The molecule has 2 amide bonds. The Morgan fingerprint density at radius 1 is 1.44 bits per heavy atom. The van der Waals surface area contributed by atoms with Crippen LogP contribution in [0.1, 0.15) is 6.42 Å². The number of ether oxygens (including phenoxy) is 1. The van der Waals surface area contributed by atoms with Crippen molar-refractivity contribution < 1.29 is 14.3 Å². The normalized spacial score (nSPS) is 23.8. The molecule has 2 N–H and O–H groups in total. The van der Waals surface area contributed by atoms with Gasteiger partial charge in [-0.3, -0.25) is 14.5 Å². The highest BCUT2D eigenvalue weighted by Crippen LogP contribution is 2.31. The molecule has 9 heteroatoms. The van der Waals surface area contributed by atoms with Crippen LogP contribution >= 0.6 is 23.5 Å². The van der Waals surface area contributed by atoms with Crippen molar-refractivity contribution in [3.05, 3.63) is 35.9 Å². The van der Waals surface area contributed by atoms with Crippen molar-refractivity contribution in [1.82, 2.24) is 10.2 Å². The topological polar surface area (TPSA) is 83.0 Å². The number of benzene rings is 1. The molecule has 7 nitrogen and oxygen atoms in total. The predicted octanol–water partition coefficient (Wildman–Crippen LogP) is 2.04. The summed E-state index contributed by atoms with van der Waals surface area (Å²) in [6.07, 6.45) is 1.90. The molecule has 2 unspecified atom stereocenters. The Morgan fingerprint density at radius 2 is 2.24 bits per heavy atom. The molecule has 1 aromatic carbocycles. The molecule has 2 atom stereocenters. The summed E-state index contributed by atoms with van der Waals surface area (Å²) >= 11 is 2.85. The molecule has 2 aliphatic heterocycles. The number of thioether (sulfide) groups is 2. The van der Waals surface area contributed by atoms with Crippen molar-refractivity contribution in [1.29, 1.82) is 0 Å². The van der Waals surface area contributed by atoms with Crippen LogP contribution in [0.25, 0.3) is 0 Å². The Hall–Kier alpha value is -2.13. The number of nitrogens with zero attached hydrogens (tertiary/aromatic N) is 2. The van der Waals surface area contributed by atoms with E-state index in [1.165, 1.54) is 28.4 Å². The summed E-state index contributed by atoms with van der Waals surface area (Å²) in [5.41, 5.74) is 0.462. The van der Waals surface area contributed by atoms with Gasteiger partial charge in [0.05, 0.1) is 12.8 Å². The van der Waals surface area contributed by atoms with Gasteiger partial charge in [-0.05, 0) is 17.5 Å². The third-order valence-corrected chi connectivity index (χ3v) is 5.67. The Labute approximate surface area is 154 Å². The molecular formula is C16H18N4O3S2. The van der Waals surface area contributed by atoms with Crippen LogP contribution in [0, 0.1) is 0 Å². The van der Waals surface area contributed by atoms with Crippen LogP contribution in [0.2, 0.25) is 0 Å². The van der Waals surface area contributed by atoms with Gasteiger partial charge in [-0.2, -0.15) is 0 Å². The van der Waals surface area contributed by atoms with Gasteiger partial charge in [0.25, 0.3) is 0 Å². The third-order valence-electron chi connectivity index (χ3n) is 3.63. The summed E-state index contributed by atoms with van der Waals surface area (Å²) in [4.78, 5) is 30.7. The minimum atomic E-state index is -0.474. The summed E-state index contributed by atoms with van der Waals surface area (Å²) in [6, 6.07) is 7.16. The third kappa shape index (κ3) is 4.10. The van der Waals surface area contributed by atoms with Gasteiger partial charge in [-0.1, -0.05) is 35.7 Å². The van der Waals surface area contributed by atoms with Gasteiger partial charge in [0.15, 0.2) is 10.7 Å². The summed E-state index contributed by atoms with van der Waals surface area (Å²) in [5, 5.41) is 7.92. The molecule has 0 bridgehead atoms. The van der Waals surface area contributed by atoms with Gasteiger partial charge >= 0.3 is 0 Å². The average molecular weight is 378 g/mol. The second-order valence-corrected chi connectivity index (χ2v) is 7.49. The van der Waals surface area contributed by atoms with E-state index in [0.717, 1.165) is 0 Å². The molecule has 1 fully saturated rings. The van der Waals surface area contributed by atoms with E-state index in [2.05, 4.69) is 15.6 Å². The van der Waals surface area contributed by atoms with Crippen molar-refractivity contribution in [3.63, 3.8) is 0 Å². The molecule has 0 saturated carbocycles. The van der Waals surface area contributed by atoms with Crippen molar-refractivity contribution in [3.8, 4) is 5.75 Å². The number of para-hydroxylation sites is 2. The van der Waals surface area contributed by atoms with E-state index < -0.39 is 5.25 Å². The molecule has 1 aromatic rings. The molecular weight excluding hydrogens is 360 g/mol. The minimum absolute atomic E-state index is 0.0778. The second-order valence-electron chi connectivity index (χ2n) is 5.33. The Kier molecular flexibility index (Phi) is 5.54. The highest BCUT2D eigenvalue weighted by Gasteiger charge is 2.37. The zero-order chi connectivity index (χ0) is 17.8. The zero-order valence-electron chi connectivity index (χ0n) is 13.8. The highest BCUT2D eigenvalue weighted by molar-refractivity contribution is 8.15. The molecule has 132 valence electrons. The van der Waals surface area contributed by atoms with Gasteiger partial charge in [-0.25, -0.2) is 4.99 Å². The van der Waals surface area contributed by atoms with E-state index in [9.17, 15) is 9.59 Å². The van der Waals surface area contributed by atoms with Gasteiger partial charge in [-0.15, -0.1) is 0 Å². The SMILES string of the molecule is COc1ccccc1NC(=O)CC1S/C(=N/C2NC=CS2)N(C)C1=O. The smallest absolute Gasteiger partial charge is 0.242 e. The largest absolute Gasteiger partial charge is 0.495 e. The van der Waals surface area contributed by atoms with Crippen molar-refractivity contribution >= 4 is 46.2 Å². The number of rotatable bonds is 5. The van der Waals surface area contributed by atoms with Crippen LogP contribution in [-0.2, 0) is 9.59 Å². The lowest BCUT2D eigenvalue weighted by atomic mass is 10.2. The first-order chi connectivity index (χ1) is 12.1. The van der Waals surface area contributed by atoms with E-state index in [4.69, 9.17) is 4.74 Å². The van der Waals surface area contributed by atoms with Crippen LogP contribution in [0.3, 0.4) is 0 Å². The summed E-state index contributed by atoms with van der Waals surface area (Å²) in [7, 11) is 3.22. The van der Waals surface area contributed by atoms with Gasteiger partial charge < -0.3 is 15.4 Å². The van der Waals surface area contributed by atoms with E-state index in [1.807, 2.05) is 23.7 Å². The number of carbonyl (C=O) groups excluding carboxylic acids is 2. The Morgan fingerprint density at radius 3 is 2.96 bits per heavy atom. The van der Waals surface area contributed by atoms with Crippen molar-refractivity contribution in [2.24, 2.45) is 4.99 Å². The number of hydrogen-bond acceptors (Lipinski definition) is 7. The van der Waals surface area contributed by atoms with E-state index in [-0.39, 0.29) is 23.7 Å². The van der Waals surface area contributed by atoms with E-state index in [0.29, 0.717) is 16.6 Å². The van der Waals surface area contributed by atoms with Crippen LogP contribution in [-0.4, -0.2) is 46.8 Å². The highest BCUT2D eigenvalue weighted by atomic mass is 32.2. The fraction of sp³-hybridized carbons (Fsp3) is 0.312. The number of methoxy groups -OCH3 is 1. The zero-order valence-corrected chi connectivity index (χ0v) is 15.4. The molecule has 2 heterocycles. The fourth-order valence-electron chi connectivity index (χ4n) is 2.37. The van der Waals surface area contributed by atoms with E-state index in [1.54, 1.807) is 26.3 Å². The first-order valence-corrected chi connectivity index (χ1v) is 9.42. The van der Waals surface area contributed by atoms with Gasteiger partial charge in [0.2, 0.25) is 11.8 Å². The molecule has 0 spiro atoms. The molecule has 2 aliphatic rings. The molecule has 3 rings (SSSR count). The average Bonchev–Trinajstić information content (AvgIpc) is 3.20. The number of hydrogen-bond donors (Lipinski definition) is 2. The van der Waals surface area contributed by atoms with Gasteiger partial charge in [0, 0.05) is 19.7 Å². The predicted molar refractivity (Wildman–Crippen MR) is 101 cm³/mol. The molecule has 0 aliphatic carbocycles. The minimum Gasteiger partial charge on any atom is -0.495 e. The number of amides is 2. The molecule has 25 heavy (non-hydrogen) atoms. The lowest BCUT2D eigenvalue weighted by molar-refractivity contribution is -0.127. The molecule has 1 saturated heterocycles. The first-order valence-electron chi connectivity index (χ1n) is 7.60. The Balaban J connectivity index is 1.62. The van der Waals surface area contributed by atoms with E-state index >= 15 is 0 Å². The molecule has 0 radical (unpaired) electrons. The number of amidine groups is 1. The second kappa shape index (κ2) is 7.83. The maximum absolute atomic E-state index is 12.4. The van der Waals surface area contributed by atoms with Gasteiger partial charge in [0.1, 0.15) is 11.0 Å². The van der Waals surface area contributed by atoms with Crippen molar-refractivity contribution in [2.75, 3.05) is 19.5 Å². The lowest BCUT2D eigenvalue weighted by Crippen LogP contribution is -2.31. The summed E-state index contributed by atoms with van der Waals surface area (Å²) in [5.74, 6) is 0.229. The first kappa shape index (κ1) is 17.7. The lowest BCUT2D eigenvalue weighted by Gasteiger charge is -2.11.